The van der Waals surface area contributed by atoms with Crippen LogP contribution in [-0.4, -0.2) is 29.4 Å². The number of nitrogens with zero attached hydrogens (tertiary/aromatic N) is 1. The maximum absolute atomic E-state index is 11.8. The predicted molar refractivity (Wildman–Crippen MR) is 75.0 cm³/mol. The van der Waals surface area contributed by atoms with Gasteiger partial charge in [0, 0.05) is 30.9 Å². The molecule has 0 aromatic carbocycles. The van der Waals surface area contributed by atoms with Gasteiger partial charge in [-0.15, -0.1) is 0 Å². The molecule has 6 nitrogen and oxygen atoms in total. The third-order valence-corrected chi connectivity index (χ3v) is 3.31. The smallest absolute Gasteiger partial charge is 0.251 e. The van der Waals surface area contributed by atoms with E-state index in [1.165, 1.54) is 0 Å². The number of aromatic nitrogens is 1. The van der Waals surface area contributed by atoms with Gasteiger partial charge in [0.15, 0.2) is 12.0 Å². The zero-order valence-corrected chi connectivity index (χ0v) is 11.3. The van der Waals surface area contributed by atoms with Crippen LogP contribution in [0.15, 0.2) is 48.1 Å². The number of hydrogen-bond donors (Lipinski definition) is 2. The van der Waals surface area contributed by atoms with E-state index in [0.717, 1.165) is 5.70 Å². The van der Waals surface area contributed by atoms with E-state index in [9.17, 15) is 9.59 Å². The number of ether oxygens (including phenoxy) is 1. The fourth-order valence-electron chi connectivity index (χ4n) is 2.24. The first-order valence-electron chi connectivity index (χ1n) is 6.78. The van der Waals surface area contributed by atoms with Crippen LogP contribution in [0.25, 0.3) is 0 Å². The standard InChI is InChI=1S/C15H15N3O3/c19-11-1-2-12-13(9-11)21-14(18-12)5-8-17-15(20)10-3-6-16-7-4-10/h1-4,6-7,14,18H,5,8-9H2,(H,17,20). The van der Waals surface area contributed by atoms with Crippen LogP contribution >= 0.6 is 0 Å². The molecule has 2 aliphatic rings. The third kappa shape index (κ3) is 3.10. The van der Waals surface area contributed by atoms with Crippen molar-refractivity contribution in [3.05, 3.63) is 53.7 Å². The van der Waals surface area contributed by atoms with Gasteiger partial charge in [-0.1, -0.05) is 0 Å². The van der Waals surface area contributed by atoms with E-state index >= 15 is 0 Å². The quantitative estimate of drug-likeness (QED) is 0.858. The second kappa shape index (κ2) is 5.78. The van der Waals surface area contributed by atoms with Crippen LogP contribution in [0.1, 0.15) is 23.2 Å². The summed E-state index contributed by atoms with van der Waals surface area (Å²) < 4.78 is 5.66. The molecule has 6 heteroatoms. The molecule has 1 aliphatic heterocycles. The van der Waals surface area contributed by atoms with Gasteiger partial charge in [0.05, 0.1) is 12.1 Å². The Morgan fingerprint density at radius 1 is 1.38 bits per heavy atom. The van der Waals surface area contributed by atoms with Crippen molar-refractivity contribution >= 4 is 11.7 Å². The number of ketones is 1. The largest absolute Gasteiger partial charge is 0.472 e. The van der Waals surface area contributed by atoms with Gasteiger partial charge in [0.2, 0.25) is 0 Å². The van der Waals surface area contributed by atoms with Crippen molar-refractivity contribution in [2.45, 2.75) is 19.1 Å². The summed E-state index contributed by atoms with van der Waals surface area (Å²) in [4.78, 5) is 27.0. The maximum atomic E-state index is 11.8. The van der Waals surface area contributed by atoms with Crippen LogP contribution in [-0.2, 0) is 9.53 Å². The number of carbonyl (C=O) groups is 2. The highest BCUT2D eigenvalue weighted by Crippen LogP contribution is 2.24. The minimum absolute atomic E-state index is 0.0437. The van der Waals surface area contributed by atoms with E-state index in [2.05, 4.69) is 15.6 Å². The monoisotopic (exact) mass is 285 g/mol. The topological polar surface area (TPSA) is 80.3 Å². The normalized spacial score (nSPS) is 19.8. The van der Waals surface area contributed by atoms with Crippen LogP contribution in [0.3, 0.4) is 0 Å². The fourth-order valence-corrected chi connectivity index (χ4v) is 2.24. The molecular formula is C15H15N3O3. The molecule has 1 aromatic rings. The van der Waals surface area contributed by atoms with Gasteiger partial charge in [0.1, 0.15) is 5.76 Å². The van der Waals surface area contributed by atoms with Gasteiger partial charge >= 0.3 is 0 Å². The molecule has 0 spiro atoms. The number of allylic oxidation sites excluding steroid dienone is 3. The van der Waals surface area contributed by atoms with E-state index in [-0.39, 0.29) is 17.9 Å². The van der Waals surface area contributed by atoms with Crippen molar-refractivity contribution in [2.75, 3.05) is 6.54 Å². The van der Waals surface area contributed by atoms with Gasteiger partial charge in [-0.25, -0.2) is 0 Å². The van der Waals surface area contributed by atoms with Crippen molar-refractivity contribution in [1.29, 1.82) is 0 Å². The molecule has 1 amide bonds. The summed E-state index contributed by atoms with van der Waals surface area (Å²) in [7, 11) is 0. The molecule has 0 saturated heterocycles. The molecule has 1 aliphatic carbocycles. The first-order chi connectivity index (χ1) is 10.2. The average molecular weight is 285 g/mol. The summed E-state index contributed by atoms with van der Waals surface area (Å²) in [5.41, 5.74) is 1.44. The SMILES string of the molecule is O=C1C=CC2=C(C1)OC(CCNC(=O)c1ccncc1)N2. The molecular weight excluding hydrogens is 270 g/mol. The van der Waals surface area contributed by atoms with Crippen molar-refractivity contribution in [3.63, 3.8) is 0 Å². The Hall–Kier alpha value is -2.63. The number of pyridine rings is 1. The summed E-state index contributed by atoms with van der Waals surface area (Å²) in [5.74, 6) is 0.596. The van der Waals surface area contributed by atoms with E-state index in [4.69, 9.17) is 4.74 Å². The Bertz CT molecular complexity index is 622. The lowest BCUT2D eigenvalue weighted by atomic mass is 10.1. The summed E-state index contributed by atoms with van der Waals surface area (Å²) >= 11 is 0. The Kier molecular flexibility index (Phi) is 3.68. The lowest BCUT2D eigenvalue weighted by molar-refractivity contribution is -0.114. The summed E-state index contributed by atoms with van der Waals surface area (Å²) in [6, 6.07) is 3.33. The van der Waals surface area contributed by atoms with Crippen LogP contribution in [0, 0.1) is 0 Å². The van der Waals surface area contributed by atoms with E-state index in [1.807, 2.05) is 0 Å². The number of rotatable bonds is 4. The molecule has 0 bridgehead atoms. The number of carbonyl (C=O) groups excluding carboxylic acids is 2. The van der Waals surface area contributed by atoms with E-state index in [1.54, 1.807) is 36.7 Å². The van der Waals surface area contributed by atoms with E-state index in [0.29, 0.717) is 30.7 Å². The molecule has 3 rings (SSSR count). The van der Waals surface area contributed by atoms with Crippen LogP contribution in [0.2, 0.25) is 0 Å². The zero-order chi connectivity index (χ0) is 14.7. The number of nitrogens with one attached hydrogen (secondary N) is 2. The average Bonchev–Trinajstić information content (AvgIpc) is 2.89. The second-order valence-electron chi connectivity index (χ2n) is 4.84. The first kappa shape index (κ1) is 13.4. The van der Waals surface area contributed by atoms with Crippen LogP contribution in [0.4, 0.5) is 0 Å². The Morgan fingerprint density at radius 2 is 2.19 bits per heavy atom. The minimum Gasteiger partial charge on any atom is -0.472 e. The highest BCUT2D eigenvalue weighted by Gasteiger charge is 2.26. The van der Waals surface area contributed by atoms with Gasteiger partial charge in [-0.05, 0) is 24.3 Å². The highest BCUT2D eigenvalue weighted by atomic mass is 16.5. The fraction of sp³-hybridized carbons (Fsp3) is 0.267. The van der Waals surface area contributed by atoms with Crippen LogP contribution < -0.4 is 10.6 Å². The summed E-state index contributed by atoms with van der Waals surface area (Å²) in [6.07, 6.45) is 7.16. The molecule has 1 atom stereocenters. The zero-order valence-electron chi connectivity index (χ0n) is 11.3. The molecule has 21 heavy (non-hydrogen) atoms. The Balaban J connectivity index is 1.45. The molecule has 1 unspecified atom stereocenters. The van der Waals surface area contributed by atoms with Gasteiger partial charge in [0.25, 0.3) is 5.91 Å². The summed E-state index contributed by atoms with van der Waals surface area (Å²) in [6.45, 7) is 0.483. The van der Waals surface area contributed by atoms with Crippen molar-refractivity contribution in [3.8, 4) is 0 Å². The van der Waals surface area contributed by atoms with E-state index < -0.39 is 0 Å². The second-order valence-corrected chi connectivity index (χ2v) is 4.84. The van der Waals surface area contributed by atoms with Gasteiger partial charge in [-0.2, -0.15) is 0 Å². The van der Waals surface area contributed by atoms with Crippen molar-refractivity contribution < 1.29 is 14.3 Å². The molecule has 1 aromatic heterocycles. The molecule has 2 heterocycles. The van der Waals surface area contributed by atoms with Crippen LogP contribution in [0.5, 0.6) is 0 Å². The number of hydrogen-bond acceptors (Lipinski definition) is 5. The van der Waals surface area contributed by atoms with Crippen molar-refractivity contribution in [1.82, 2.24) is 15.6 Å². The minimum atomic E-state index is -0.205. The maximum Gasteiger partial charge on any atom is 0.251 e. The lowest BCUT2D eigenvalue weighted by Crippen LogP contribution is -2.31. The van der Waals surface area contributed by atoms with Gasteiger partial charge < -0.3 is 15.4 Å². The highest BCUT2D eigenvalue weighted by molar-refractivity contribution is 5.94. The summed E-state index contributed by atoms with van der Waals surface area (Å²) in [5, 5.41) is 6.01. The molecule has 108 valence electrons. The molecule has 0 radical (unpaired) electrons. The molecule has 0 fully saturated rings. The number of amides is 1. The first-order valence-corrected chi connectivity index (χ1v) is 6.78. The Labute approximate surface area is 121 Å². The third-order valence-electron chi connectivity index (χ3n) is 3.31. The molecule has 2 N–H and O–H groups in total. The Morgan fingerprint density at radius 3 is 3.00 bits per heavy atom. The lowest BCUT2D eigenvalue weighted by Gasteiger charge is -2.13. The molecule has 0 saturated carbocycles. The predicted octanol–water partition coefficient (Wildman–Crippen LogP) is 0.888. The van der Waals surface area contributed by atoms with Gasteiger partial charge in [-0.3, -0.25) is 14.6 Å². The van der Waals surface area contributed by atoms with Crippen molar-refractivity contribution in [2.24, 2.45) is 0 Å².